The summed E-state index contributed by atoms with van der Waals surface area (Å²) in [5.74, 6) is 1.24. The van der Waals surface area contributed by atoms with Crippen LogP contribution in [0.25, 0.3) is 5.65 Å². The second-order valence-corrected chi connectivity index (χ2v) is 6.54. The summed E-state index contributed by atoms with van der Waals surface area (Å²) < 4.78 is 3.47. The first-order valence-corrected chi connectivity index (χ1v) is 8.81. The van der Waals surface area contributed by atoms with Crippen LogP contribution in [0.3, 0.4) is 0 Å². The standard InChI is InChI=1S/C18H20N6O2/c1-12-6-5-9-24-16(12)19-10-13(18(24)26)17(25)20-11-15-22-21-14-7-3-2-4-8-23(14)15/h5-6,9-10H,2-4,7-8,11H2,1H3,(H,20,25). The maximum absolute atomic E-state index is 12.6. The number of carbonyl (C=O) groups is 1. The summed E-state index contributed by atoms with van der Waals surface area (Å²) >= 11 is 0. The first-order valence-electron chi connectivity index (χ1n) is 8.81. The highest BCUT2D eigenvalue weighted by molar-refractivity contribution is 5.93. The van der Waals surface area contributed by atoms with E-state index >= 15 is 0 Å². The van der Waals surface area contributed by atoms with E-state index in [1.165, 1.54) is 17.0 Å². The molecular formula is C18H20N6O2. The van der Waals surface area contributed by atoms with Crippen molar-refractivity contribution in [1.29, 1.82) is 0 Å². The first kappa shape index (κ1) is 16.4. The lowest BCUT2D eigenvalue weighted by Gasteiger charge is -2.09. The minimum Gasteiger partial charge on any atom is -0.345 e. The number of hydrogen-bond donors (Lipinski definition) is 1. The van der Waals surface area contributed by atoms with E-state index in [-0.39, 0.29) is 17.7 Å². The predicted molar refractivity (Wildman–Crippen MR) is 94.9 cm³/mol. The Bertz CT molecular complexity index is 1040. The molecule has 0 aliphatic carbocycles. The van der Waals surface area contributed by atoms with E-state index in [0.29, 0.717) is 5.65 Å². The summed E-state index contributed by atoms with van der Waals surface area (Å²) in [6.45, 7) is 2.98. The number of nitrogens with zero attached hydrogens (tertiary/aromatic N) is 5. The van der Waals surface area contributed by atoms with Crippen LogP contribution in [0.1, 0.15) is 46.8 Å². The molecule has 0 atom stereocenters. The molecule has 0 fully saturated rings. The molecular weight excluding hydrogens is 332 g/mol. The number of aryl methyl sites for hydroxylation is 2. The van der Waals surface area contributed by atoms with Gasteiger partial charge in [0.25, 0.3) is 11.5 Å². The van der Waals surface area contributed by atoms with Crippen LogP contribution in [0.15, 0.2) is 29.3 Å². The SMILES string of the molecule is Cc1cccn2c(=O)c(C(=O)NCc3nnc4n3CCCCC4)cnc12. The van der Waals surface area contributed by atoms with Crippen molar-refractivity contribution in [2.45, 2.75) is 45.7 Å². The van der Waals surface area contributed by atoms with Gasteiger partial charge in [0.05, 0.1) is 6.54 Å². The molecule has 8 heteroatoms. The molecule has 1 aliphatic heterocycles. The van der Waals surface area contributed by atoms with E-state index in [1.54, 1.807) is 12.3 Å². The van der Waals surface area contributed by atoms with Gasteiger partial charge in [-0.05, 0) is 31.4 Å². The van der Waals surface area contributed by atoms with E-state index in [4.69, 9.17) is 0 Å². The van der Waals surface area contributed by atoms with Crippen LogP contribution in [-0.4, -0.2) is 30.1 Å². The zero-order valence-corrected chi connectivity index (χ0v) is 14.6. The van der Waals surface area contributed by atoms with Gasteiger partial charge < -0.3 is 9.88 Å². The highest BCUT2D eigenvalue weighted by atomic mass is 16.2. The zero-order chi connectivity index (χ0) is 18.1. The van der Waals surface area contributed by atoms with Crippen molar-refractivity contribution >= 4 is 11.6 Å². The second kappa shape index (κ2) is 6.70. The fourth-order valence-corrected chi connectivity index (χ4v) is 3.33. The Labute approximate surface area is 149 Å². The van der Waals surface area contributed by atoms with Crippen LogP contribution < -0.4 is 10.9 Å². The maximum Gasteiger partial charge on any atom is 0.270 e. The quantitative estimate of drug-likeness (QED) is 0.766. The lowest BCUT2D eigenvalue weighted by molar-refractivity contribution is 0.0947. The summed E-state index contributed by atoms with van der Waals surface area (Å²) in [5.41, 5.74) is 1.07. The van der Waals surface area contributed by atoms with Crippen molar-refractivity contribution in [3.05, 3.63) is 57.7 Å². The molecule has 0 unspecified atom stereocenters. The van der Waals surface area contributed by atoms with E-state index in [2.05, 4.69) is 25.1 Å². The van der Waals surface area contributed by atoms with Crippen molar-refractivity contribution in [3.63, 3.8) is 0 Å². The van der Waals surface area contributed by atoms with Crippen LogP contribution in [0.2, 0.25) is 0 Å². The van der Waals surface area contributed by atoms with Crippen LogP contribution in [-0.2, 0) is 19.5 Å². The molecule has 1 aliphatic rings. The molecule has 3 aromatic heterocycles. The van der Waals surface area contributed by atoms with Gasteiger partial charge in [0, 0.05) is 25.4 Å². The Hall–Kier alpha value is -3.03. The topological polar surface area (TPSA) is 94.2 Å². The van der Waals surface area contributed by atoms with Gasteiger partial charge in [0.2, 0.25) is 0 Å². The fraction of sp³-hybridized carbons (Fsp3) is 0.389. The monoisotopic (exact) mass is 352 g/mol. The number of hydrogen-bond acceptors (Lipinski definition) is 5. The van der Waals surface area contributed by atoms with Crippen LogP contribution in [0.5, 0.6) is 0 Å². The van der Waals surface area contributed by atoms with Crippen LogP contribution >= 0.6 is 0 Å². The predicted octanol–water partition coefficient (Wildman–Crippen LogP) is 1.25. The fourth-order valence-electron chi connectivity index (χ4n) is 3.33. The van der Waals surface area contributed by atoms with Gasteiger partial charge in [0.1, 0.15) is 17.0 Å². The summed E-state index contributed by atoms with van der Waals surface area (Å²) in [5, 5.41) is 11.2. The van der Waals surface area contributed by atoms with E-state index in [1.807, 2.05) is 13.0 Å². The normalized spacial score (nSPS) is 14.0. The van der Waals surface area contributed by atoms with Crippen LogP contribution in [0, 0.1) is 6.92 Å². The van der Waals surface area contributed by atoms with E-state index < -0.39 is 5.91 Å². The van der Waals surface area contributed by atoms with E-state index in [9.17, 15) is 9.59 Å². The maximum atomic E-state index is 12.6. The highest BCUT2D eigenvalue weighted by Gasteiger charge is 2.17. The molecule has 0 saturated carbocycles. The summed E-state index contributed by atoms with van der Waals surface area (Å²) in [4.78, 5) is 29.4. The smallest absolute Gasteiger partial charge is 0.270 e. The molecule has 0 saturated heterocycles. The van der Waals surface area contributed by atoms with Crippen molar-refractivity contribution in [3.8, 4) is 0 Å². The number of nitrogens with one attached hydrogen (secondary N) is 1. The number of amides is 1. The van der Waals surface area contributed by atoms with Gasteiger partial charge in [-0.15, -0.1) is 10.2 Å². The van der Waals surface area contributed by atoms with Gasteiger partial charge in [-0.1, -0.05) is 12.5 Å². The van der Waals surface area contributed by atoms with E-state index in [0.717, 1.165) is 43.0 Å². The number of carbonyl (C=O) groups excluding carboxylic acids is 1. The van der Waals surface area contributed by atoms with Gasteiger partial charge in [0.15, 0.2) is 5.82 Å². The largest absolute Gasteiger partial charge is 0.345 e. The van der Waals surface area contributed by atoms with Crippen molar-refractivity contribution in [2.75, 3.05) is 0 Å². The summed E-state index contributed by atoms with van der Waals surface area (Å²) in [7, 11) is 0. The Balaban J connectivity index is 1.56. The second-order valence-electron chi connectivity index (χ2n) is 6.54. The molecule has 26 heavy (non-hydrogen) atoms. The molecule has 4 heterocycles. The summed E-state index contributed by atoms with van der Waals surface area (Å²) in [6, 6.07) is 3.64. The lowest BCUT2D eigenvalue weighted by atomic mass is 10.2. The highest BCUT2D eigenvalue weighted by Crippen LogP contribution is 2.14. The Morgan fingerprint density at radius 2 is 2.15 bits per heavy atom. The van der Waals surface area contributed by atoms with Crippen molar-refractivity contribution < 1.29 is 4.79 Å². The Morgan fingerprint density at radius 1 is 1.27 bits per heavy atom. The molecule has 4 rings (SSSR count). The lowest BCUT2D eigenvalue weighted by Crippen LogP contribution is -2.32. The molecule has 0 aromatic carbocycles. The van der Waals surface area contributed by atoms with Gasteiger partial charge >= 0.3 is 0 Å². The molecule has 0 bridgehead atoms. The minimum atomic E-state index is -0.454. The molecule has 1 N–H and O–H groups in total. The average Bonchev–Trinajstić information content (AvgIpc) is 2.87. The molecule has 8 nitrogen and oxygen atoms in total. The number of aromatic nitrogens is 5. The number of rotatable bonds is 3. The third-order valence-corrected chi connectivity index (χ3v) is 4.77. The van der Waals surface area contributed by atoms with Gasteiger partial charge in [-0.3, -0.25) is 14.0 Å². The Morgan fingerprint density at radius 3 is 3.04 bits per heavy atom. The van der Waals surface area contributed by atoms with Gasteiger partial charge in [-0.25, -0.2) is 4.98 Å². The third-order valence-electron chi connectivity index (χ3n) is 4.77. The van der Waals surface area contributed by atoms with Crippen molar-refractivity contribution in [2.24, 2.45) is 0 Å². The third kappa shape index (κ3) is 2.87. The summed E-state index contributed by atoms with van der Waals surface area (Å²) in [6.07, 6.45) is 7.24. The van der Waals surface area contributed by atoms with Gasteiger partial charge in [-0.2, -0.15) is 0 Å². The number of pyridine rings is 1. The molecule has 0 spiro atoms. The first-order chi connectivity index (χ1) is 12.6. The average molecular weight is 352 g/mol. The molecule has 0 radical (unpaired) electrons. The minimum absolute atomic E-state index is 0.0173. The molecule has 1 amide bonds. The zero-order valence-electron chi connectivity index (χ0n) is 14.6. The molecule has 134 valence electrons. The van der Waals surface area contributed by atoms with Crippen molar-refractivity contribution in [1.82, 2.24) is 29.5 Å². The Kier molecular flexibility index (Phi) is 4.24. The van der Waals surface area contributed by atoms with Crippen LogP contribution in [0.4, 0.5) is 0 Å². The number of fused-ring (bicyclic) bond motifs is 2. The molecule has 3 aromatic rings.